The number of carbonyl (C=O) groups is 2. The minimum Gasteiger partial charge on any atom is -0.494 e. The summed E-state index contributed by atoms with van der Waals surface area (Å²) >= 11 is 0. The van der Waals surface area contributed by atoms with Crippen LogP contribution in [0.2, 0.25) is 0 Å². The van der Waals surface area contributed by atoms with Gasteiger partial charge in [0.1, 0.15) is 17.6 Å². The molecule has 6 heteroatoms. The van der Waals surface area contributed by atoms with Crippen molar-refractivity contribution in [1.29, 1.82) is 0 Å². The molecule has 1 atom stereocenters. The zero-order valence-corrected chi connectivity index (χ0v) is 14.9. The van der Waals surface area contributed by atoms with E-state index < -0.39 is 5.91 Å². The van der Waals surface area contributed by atoms with Crippen LogP contribution in [0.25, 0.3) is 0 Å². The van der Waals surface area contributed by atoms with E-state index >= 15 is 0 Å². The Hall–Kier alpha value is -3.02. The van der Waals surface area contributed by atoms with Crippen LogP contribution in [0, 0.1) is 0 Å². The number of primary amides is 1. The Morgan fingerprint density at radius 2 is 1.92 bits per heavy atom. The van der Waals surface area contributed by atoms with Crippen molar-refractivity contribution < 1.29 is 19.1 Å². The van der Waals surface area contributed by atoms with Gasteiger partial charge in [-0.25, -0.2) is 0 Å². The van der Waals surface area contributed by atoms with Crippen molar-refractivity contribution in [2.45, 2.75) is 32.9 Å². The zero-order valence-electron chi connectivity index (χ0n) is 14.9. The van der Waals surface area contributed by atoms with Crippen molar-refractivity contribution in [2.75, 3.05) is 6.61 Å². The smallest absolute Gasteiger partial charge is 0.251 e. The zero-order chi connectivity index (χ0) is 18.7. The van der Waals surface area contributed by atoms with Gasteiger partial charge in [-0.3, -0.25) is 9.59 Å². The summed E-state index contributed by atoms with van der Waals surface area (Å²) in [5.74, 6) is 0.841. The molecule has 0 aliphatic carbocycles. The Bertz CT molecular complexity index is 830. The van der Waals surface area contributed by atoms with Crippen LogP contribution in [0.5, 0.6) is 11.5 Å². The Morgan fingerprint density at radius 3 is 2.58 bits per heavy atom. The number of fused-ring (bicyclic) bond motifs is 1. The lowest BCUT2D eigenvalue weighted by Gasteiger charge is -2.13. The third-order valence-electron chi connectivity index (χ3n) is 4.25. The fourth-order valence-corrected chi connectivity index (χ4v) is 2.97. The molecule has 2 aromatic carbocycles. The van der Waals surface area contributed by atoms with Crippen molar-refractivity contribution in [1.82, 2.24) is 5.32 Å². The highest BCUT2D eigenvalue weighted by Crippen LogP contribution is 2.35. The highest BCUT2D eigenvalue weighted by Gasteiger charge is 2.22. The maximum atomic E-state index is 12.4. The van der Waals surface area contributed by atoms with Gasteiger partial charge in [-0.15, -0.1) is 0 Å². The second-order valence-electron chi connectivity index (χ2n) is 6.26. The van der Waals surface area contributed by atoms with Crippen LogP contribution in [0.1, 0.15) is 45.7 Å². The van der Waals surface area contributed by atoms with E-state index in [1.165, 1.54) is 12.1 Å². The van der Waals surface area contributed by atoms with Crippen LogP contribution in [0.4, 0.5) is 0 Å². The Kier molecular flexibility index (Phi) is 5.11. The lowest BCUT2D eigenvalue weighted by atomic mass is 10.1. The molecule has 2 aromatic rings. The lowest BCUT2D eigenvalue weighted by molar-refractivity contribution is 0.0948. The van der Waals surface area contributed by atoms with E-state index in [2.05, 4.69) is 5.32 Å². The Labute approximate surface area is 152 Å². The molecule has 0 fully saturated rings. The quantitative estimate of drug-likeness (QED) is 0.834. The molecule has 0 spiro atoms. The molecule has 26 heavy (non-hydrogen) atoms. The van der Waals surface area contributed by atoms with Crippen LogP contribution in [-0.4, -0.2) is 24.5 Å². The molecule has 3 rings (SSSR count). The van der Waals surface area contributed by atoms with E-state index in [4.69, 9.17) is 15.2 Å². The van der Waals surface area contributed by atoms with E-state index in [1.54, 1.807) is 12.1 Å². The topological polar surface area (TPSA) is 90.6 Å². The monoisotopic (exact) mass is 354 g/mol. The normalized spacial score (nSPS) is 15.1. The Morgan fingerprint density at radius 1 is 1.23 bits per heavy atom. The number of nitrogens with two attached hydrogens (primary N) is 1. The second kappa shape index (κ2) is 7.47. The largest absolute Gasteiger partial charge is 0.494 e. The van der Waals surface area contributed by atoms with Gasteiger partial charge in [0, 0.05) is 35.2 Å². The predicted molar refractivity (Wildman–Crippen MR) is 97.5 cm³/mol. The number of hydrogen-bond acceptors (Lipinski definition) is 4. The highest BCUT2D eigenvalue weighted by molar-refractivity contribution is 5.97. The third kappa shape index (κ3) is 3.79. The van der Waals surface area contributed by atoms with E-state index in [9.17, 15) is 9.59 Å². The third-order valence-corrected chi connectivity index (χ3v) is 4.25. The molecular weight excluding hydrogens is 332 g/mol. The number of hydrogen-bond donors (Lipinski definition) is 2. The fourth-order valence-electron chi connectivity index (χ4n) is 2.97. The van der Waals surface area contributed by atoms with Gasteiger partial charge in [-0.2, -0.15) is 0 Å². The molecule has 0 aromatic heterocycles. The van der Waals surface area contributed by atoms with Gasteiger partial charge in [-0.1, -0.05) is 0 Å². The maximum Gasteiger partial charge on any atom is 0.251 e. The second-order valence-corrected chi connectivity index (χ2v) is 6.26. The summed E-state index contributed by atoms with van der Waals surface area (Å²) in [6.45, 7) is 4.81. The molecule has 0 unspecified atom stereocenters. The fraction of sp³-hybridized carbons (Fsp3) is 0.300. The first-order valence-electron chi connectivity index (χ1n) is 8.61. The van der Waals surface area contributed by atoms with Crippen LogP contribution in [-0.2, 0) is 13.0 Å². The van der Waals surface area contributed by atoms with Gasteiger partial charge < -0.3 is 20.5 Å². The first kappa shape index (κ1) is 17.8. The van der Waals surface area contributed by atoms with Gasteiger partial charge >= 0.3 is 0 Å². The Balaban J connectivity index is 1.73. The van der Waals surface area contributed by atoms with E-state index in [1.807, 2.05) is 26.0 Å². The molecule has 1 heterocycles. The highest BCUT2D eigenvalue weighted by atomic mass is 16.5. The van der Waals surface area contributed by atoms with Crippen molar-refractivity contribution in [3.05, 3.63) is 58.7 Å². The standard InChI is InChI=1S/C20H22N2O4/c1-3-25-17-9-15-8-12(2)26-18(15)10-16(17)11-22-20(24)14-6-4-13(5-7-14)19(21)23/h4-7,9-10,12H,3,8,11H2,1-2H3,(H2,21,23)(H,22,24)/t12-/m0/s1. The minimum absolute atomic E-state index is 0.146. The van der Waals surface area contributed by atoms with Crippen molar-refractivity contribution >= 4 is 11.8 Å². The first-order chi connectivity index (χ1) is 12.5. The lowest BCUT2D eigenvalue weighted by Crippen LogP contribution is -2.23. The summed E-state index contributed by atoms with van der Waals surface area (Å²) in [4.78, 5) is 23.5. The summed E-state index contributed by atoms with van der Waals surface area (Å²) in [6, 6.07) is 10.1. The number of carbonyl (C=O) groups excluding carboxylic acids is 2. The van der Waals surface area contributed by atoms with Crippen LogP contribution in [0.3, 0.4) is 0 Å². The summed E-state index contributed by atoms with van der Waals surface area (Å²) in [5, 5.41) is 2.87. The molecule has 3 N–H and O–H groups in total. The molecular formula is C20H22N2O4. The predicted octanol–water partition coefficient (Wildman–Crippen LogP) is 2.44. The molecule has 0 saturated heterocycles. The van der Waals surface area contributed by atoms with Crippen LogP contribution < -0.4 is 20.5 Å². The number of nitrogens with one attached hydrogen (secondary N) is 1. The maximum absolute atomic E-state index is 12.4. The molecule has 136 valence electrons. The van der Waals surface area contributed by atoms with Gasteiger partial charge in [-0.05, 0) is 50.2 Å². The first-order valence-corrected chi connectivity index (χ1v) is 8.61. The summed E-state index contributed by atoms with van der Waals surface area (Å²) in [7, 11) is 0. The van der Waals surface area contributed by atoms with Gasteiger partial charge in [0.05, 0.1) is 6.61 Å². The summed E-state index contributed by atoms with van der Waals surface area (Å²) in [6.07, 6.45) is 1.00. The molecule has 6 nitrogen and oxygen atoms in total. The number of rotatable bonds is 6. The van der Waals surface area contributed by atoms with E-state index in [0.29, 0.717) is 24.3 Å². The van der Waals surface area contributed by atoms with Crippen LogP contribution >= 0.6 is 0 Å². The SMILES string of the molecule is CCOc1cc2c(cc1CNC(=O)c1ccc(C(N)=O)cc1)O[C@@H](C)C2. The molecule has 2 amide bonds. The molecule has 1 aliphatic rings. The van der Waals surface area contributed by atoms with Crippen LogP contribution in [0.15, 0.2) is 36.4 Å². The van der Waals surface area contributed by atoms with E-state index in [-0.39, 0.29) is 12.0 Å². The summed E-state index contributed by atoms with van der Waals surface area (Å²) < 4.78 is 11.5. The van der Waals surface area contributed by atoms with Gasteiger partial charge in [0.2, 0.25) is 5.91 Å². The molecule has 0 radical (unpaired) electrons. The van der Waals surface area contributed by atoms with Gasteiger partial charge in [0.25, 0.3) is 5.91 Å². The van der Waals surface area contributed by atoms with Crippen molar-refractivity contribution in [3.63, 3.8) is 0 Å². The number of amides is 2. The van der Waals surface area contributed by atoms with Gasteiger partial charge in [0.15, 0.2) is 0 Å². The summed E-state index contributed by atoms with van der Waals surface area (Å²) in [5.41, 5.74) is 8.02. The average molecular weight is 354 g/mol. The average Bonchev–Trinajstić information content (AvgIpc) is 2.98. The van der Waals surface area contributed by atoms with Crippen molar-refractivity contribution in [2.24, 2.45) is 5.73 Å². The minimum atomic E-state index is -0.523. The molecule has 0 bridgehead atoms. The number of ether oxygens (including phenoxy) is 2. The number of benzene rings is 2. The molecule has 1 aliphatic heterocycles. The van der Waals surface area contributed by atoms with E-state index in [0.717, 1.165) is 29.0 Å². The van der Waals surface area contributed by atoms with Crippen molar-refractivity contribution in [3.8, 4) is 11.5 Å². The molecule has 0 saturated carbocycles.